The third-order valence-electron chi connectivity index (χ3n) is 6.13. The number of likely N-dealkylation sites (tertiary alicyclic amines) is 1. The number of nitrogens with zero attached hydrogens (tertiary/aromatic N) is 5. The number of piperazine rings is 1. The maximum Gasteiger partial charge on any atom is 0.228 e. The zero-order valence-electron chi connectivity index (χ0n) is 15.9. The molecule has 0 aromatic carbocycles. The van der Waals surface area contributed by atoms with Crippen LogP contribution in [0.4, 0.5) is 0 Å². The molecule has 7 nitrogen and oxygen atoms in total. The monoisotopic (exact) mass is 359 g/mol. The summed E-state index contributed by atoms with van der Waals surface area (Å²) in [6.07, 6.45) is 3.95. The van der Waals surface area contributed by atoms with Crippen molar-refractivity contribution >= 4 is 11.8 Å². The first kappa shape index (κ1) is 17.5. The molecule has 2 fully saturated rings. The van der Waals surface area contributed by atoms with E-state index in [4.69, 9.17) is 4.98 Å². The van der Waals surface area contributed by atoms with Gasteiger partial charge in [0, 0.05) is 65.7 Å². The van der Waals surface area contributed by atoms with Gasteiger partial charge in [-0.05, 0) is 19.8 Å². The molecule has 1 aromatic rings. The third kappa shape index (κ3) is 3.24. The van der Waals surface area contributed by atoms with Crippen LogP contribution in [0, 0.1) is 12.8 Å². The third-order valence-corrected chi connectivity index (χ3v) is 6.13. The molecule has 4 heterocycles. The molecule has 26 heavy (non-hydrogen) atoms. The first-order valence-corrected chi connectivity index (χ1v) is 9.83. The minimum atomic E-state index is -0.150. The Hall–Kier alpha value is -1.89. The lowest BCUT2D eigenvalue weighted by Gasteiger charge is -2.36. The second kappa shape index (κ2) is 7.02. The SMILES string of the molecule is Cc1nc2n(c1CN1CCN(C(=O)C3CC(=O)N(C)C3)CC1)CCCC2. The van der Waals surface area contributed by atoms with Crippen molar-refractivity contribution in [2.75, 3.05) is 39.8 Å². The molecule has 3 aliphatic heterocycles. The molecular formula is C19H29N5O2. The fourth-order valence-electron chi connectivity index (χ4n) is 4.50. The Morgan fingerprint density at radius 2 is 1.92 bits per heavy atom. The Morgan fingerprint density at radius 3 is 2.62 bits per heavy atom. The minimum absolute atomic E-state index is 0.0861. The first-order chi connectivity index (χ1) is 12.5. The van der Waals surface area contributed by atoms with Crippen LogP contribution in [0.25, 0.3) is 0 Å². The highest BCUT2D eigenvalue weighted by Crippen LogP contribution is 2.22. The number of amides is 2. The number of aromatic nitrogens is 2. The predicted octanol–water partition coefficient (Wildman–Crippen LogP) is 0.650. The van der Waals surface area contributed by atoms with Crippen LogP contribution in [0.5, 0.6) is 0 Å². The van der Waals surface area contributed by atoms with Gasteiger partial charge in [0.2, 0.25) is 11.8 Å². The summed E-state index contributed by atoms with van der Waals surface area (Å²) in [5, 5.41) is 0. The summed E-state index contributed by atoms with van der Waals surface area (Å²) < 4.78 is 2.41. The van der Waals surface area contributed by atoms with E-state index in [0.717, 1.165) is 51.4 Å². The standard InChI is InChI=1S/C19H29N5O2/c1-14-16(24-6-4-3-5-17(24)20-14)13-22-7-9-23(10-8-22)19(26)15-11-18(25)21(2)12-15/h15H,3-13H2,1-2H3. The molecule has 1 unspecified atom stereocenters. The summed E-state index contributed by atoms with van der Waals surface area (Å²) in [5.74, 6) is 1.33. The van der Waals surface area contributed by atoms with Gasteiger partial charge in [-0.1, -0.05) is 0 Å². The Kier molecular flexibility index (Phi) is 4.73. The molecule has 7 heteroatoms. The summed E-state index contributed by atoms with van der Waals surface area (Å²) in [4.78, 5) is 35.2. The van der Waals surface area contributed by atoms with Gasteiger partial charge in [-0.2, -0.15) is 0 Å². The van der Waals surface area contributed by atoms with Gasteiger partial charge in [0.1, 0.15) is 5.82 Å². The fraction of sp³-hybridized carbons (Fsp3) is 0.737. The number of imidazole rings is 1. The molecule has 2 amide bonds. The Morgan fingerprint density at radius 1 is 1.15 bits per heavy atom. The summed E-state index contributed by atoms with van der Waals surface area (Å²) in [6, 6.07) is 0. The summed E-state index contributed by atoms with van der Waals surface area (Å²) in [7, 11) is 1.78. The molecule has 3 aliphatic rings. The normalized spacial score (nSPS) is 24.2. The van der Waals surface area contributed by atoms with E-state index in [1.807, 2.05) is 4.90 Å². The molecule has 142 valence electrons. The van der Waals surface area contributed by atoms with Gasteiger partial charge in [0.05, 0.1) is 17.3 Å². The van der Waals surface area contributed by atoms with Gasteiger partial charge in [-0.3, -0.25) is 14.5 Å². The number of aryl methyl sites for hydroxylation is 2. The largest absolute Gasteiger partial charge is 0.345 e. The maximum atomic E-state index is 12.7. The van der Waals surface area contributed by atoms with Crippen LogP contribution >= 0.6 is 0 Å². The number of carbonyl (C=O) groups is 2. The van der Waals surface area contributed by atoms with Crippen LogP contribution in [0.2, 0.25) is 0 Å². The maximum absolute atomic E-state index is 12.7. The van der Waals surface area contributed by atoms with Gasteiger partial charge in [-0.25, -0.2) is 4.98 Å². The zero-order valence-corrected chi connectivity index (χ0v) is 15.9. The number of hydrogen-bond donors (Lipinski definition) is 0. The quantitative estimate of drug-likeness (QED) is 0.795. The molecule has 1 atom stereocenters. The molecular weight excluding hydrogens is 330 g/mol. The zero-order chi connectivity index (χ0) is 18.3. The van der Waals surface area contributed by atoms with E-state index in [0.29, 0.717) is 13.0 Å². The fourth-order valence-corrected chi connectivity index (χ4v) is 4.50. The molecule has 4 rings (SSSR count). The van der Waals surface area contributed by atoms with Crippen LogP contribution < -0.4 is 0 Å². The van der Waals surface area contributed by atoms with Crippen molar-refractivity contribution in [1.82, 2.24) is 24.3 Å². The average Bonchev–Trinajstić information content (AvgIpc) is 3.14. The highest BCUT2D eigenvalue weighted by atomic mass is 16.2. The topological polar surface area (TPSA) is 61.7 Å². The lowest BCUT2D eigenvalue weighted by atomic mass is 10.1. The van der Waals surface area contributed by atoms with Crippen LogP contribution in [0.1, 0.15) is 36.5 Å². The molecule has 0 aliphatic carbocycles. The van der Waals surface area contributed by atoms with E-state index in [1.54, 1.807) is 11.9 Å². The predicted molar refractivity (Wildman–Crippen MR) is 97.5 cm³/mol. The lowest BCUT2D eigenvalue weighted by molar-refractivity contribution is -0.137. The van der Waals surface area contributed by atoms with E-state index >= 15 is 0 Å². The van der Waals surface area contributed by atoms with Crippen LogP contribution in [-0.2, 0) is 29.1 Å². The van der Waals surface area contributed by atoms with E-state index < -0.39 is 0 Å². The van der Waals surface area contributed by atoms with Gasteiger partial charge in [0.25, 0.3) is 0 Å². The molecule has 0 saturated carbocycles. The second-order valence-electron chi connectivity index (χ2n) is 7.95. The van der Waals surface area contributed by atoms with Crippen molar-refractivity contribution in [3.8, 4) is 0 Å². The molecule has 1 aromatic heterocycles. The molecule has 0 N–H and O–H groups in total. The van der Waals surface area contributed by atoms with Crippen molar-refractivity contribution in [2.45, 2.75) is 45.7 Å². The van der Waals surface area contributed by atoms with Gasteiger partial charge >= 0.3 is 0 Å². The van der Waals surface area contributed by atoms with Crippen molar-refractivity contribution in [3.05, 3.63) is 17.2 Å². The van der Waals surface area contributed by atoms with Gasteiger partial charge in [-0.15, -0.1) is 0 Å². The van der Waals surface area contributed by atoms with E-state index in [2.05, 4.69) is 16.4 Å². The summed E-state index contributed by atoms with van der Waals surface area (Å²) in [6.45, 7) is 8.00. The number of carbonyl (C=O) groups excluding carboxylic acids is 2. The van der Waals surface area contributed by atoms with E-state index in [-0.39, 0.29) is 17.7 Å². The van der Waals surface area contributed by atoms with E-state index in [9.17, 15) is 9.59 Å². The molecule has 0 spiro atoms. The van der Waals surface area contributed by atoms with Crippen molar-refractivity contribution in [1.29, 1.82) is 0 Å². The molecule has 0 radical (unpaired) electrons. The van der Waals surface area contributed by atoms with E-state index in [1.165, 1.54) is 24.4 Å². The van der Waals surface area contributed by atoms with Gasteiger partial charge < -0.3 is 14.4 Å². The minimum Gasteiger partial charge on any atom is -0.345 e. The highest BCUT2D eigenvalue weighted by molar-refractivity contribution is 5.89. The highest BCUT2D eigenvalue weighted by Gasteiger charge is 2.35. The van der Waals surface area contributed by atoms with Crippen molar-refractivity contribution in [2.24, 2.45) is 5.92 Å². The smallest absolute Gasteiger partial charge is 0.228 e. The number of rotatable bonds is 3. The Bertz CT molecular complexity index is 705. The van der Waals surface area contributed by atoms with Crippen molar-refractivity contribution in [3.63, 3.8) is 0 Å². The Balaban J connectivity index is 1.34. The molecule has 2 saturated heterocycles. The number of fused-ring (bicyclic) bond motifs is 1. The Labute approximate surface area is 154 Å². The summed E-state index contributed by atoms with van der Waals surface area (Å²) >= 11 is 0. The van der Waals surface area contributed by atoms with Crippen LogP contribution in [0.3, 0.4) is 0 Å². The van der Waals surface area contributed by atoms with Crippen LogP contribution in [0.15, 0.2) is 0 Å². The second-order valence-corrected chi connectivity index (χ2v) is 7.95. The van der Waals surface area contributed by atoms with Crippen LogP contribution in [-0.4, -0.2) is 75.8 Å². The van der Waals surface area contributed by atoms with Gasteiger partial charge in [0.15, 0.2) is 0 Å². The van der Waals surface area contributed by atoms with Crippen molar-refractivity contribution < 1.29 is 9.59 Å². The molecule has 0 bridgehead atoms. The average molecular weight is 359 g/mol. The number of hydrogen-bond acceptors (Lipinski definition) is 4. The summed E-state index contributed by atoms with van der Waals surface area (Å²) in [5.41, 5.74) is 2.51. The first-order valence-electron chi connectivity index (χ1n) is 9.83. The lowest BCUT2D eigenvalue weighted by Crippen LogP contribution is -2.50.